The maximum atomic E-state index is 12.0. The number of halogens is 1. The number of carbonyl (C=O) groups excluding carboxylic acids is 1. The first-order chi connectivity index (χ1) is 8.23. The number of nitrogens with one attached hydrogen (secondary N) is 1. The topological polar surface area (TPSA) is 79.4 Å². The third-order valence-electron chi connectivity index (χ3n) is 1.94. The highest BCUT2D eigenvalue weighted by atomic mass is 35.5. The summed E-state index contributed by atoms with van der Waals surface area (Å²) in [5.41, 5.74) is 0. The lowest BCUT2D eigenvalue weighted by molar-refractivity contribution is -0.121. The highest BCUT2D eigenvalue weighted by Gasteiger charge is 2.25. The van der Waals surface area contributed by atoms with Crippen molar-refractivity contribution in [2.24, 2.45) is 0 Å². The summed E-state index contributed by atoms with van der Waals surface area (Å²) < 4.78 is 25.2. The van der Waals surface area contributed by atoms with E-state index in [2.05, 4.69) is 10.3 Å². The number of thiazole rings is 1. The average molecular weight is 312 g/mol. The van der Waals surface area contributed by atoms with Gasteiger partial charge in [-0.15, -0.1) is 0 Å². The standard InChI is InChI=1S/C9H14ClN3O3S2/c1-6(2)12-7(14)5-13(3)18(15,16)8-4-11-9(10)17-8/h4,6H,5H2,1-3H3,(H,12,14). The Balaban J connectivity index is 2.77. The van der Waals surface area contributed by atoms with Gasteiger partial charge in [-0.25, -0.2) is 13.4 Å². The first kappa shape index (κ1) is 15.4. The molecule has 1 amide bonds. The van der Waals surface area contributed by atoms with Gasteiger partial charge >= 0.3 is 0 Å². The minimum Gasteiger partial charge on any atom is -0.353 e. The van der Waals surface area contributed by atoms with Crippen molar-refractivity contribution in [2.45, 2.75) is 24.1 Å². The van der Waals surface area contributed by atoms with E-state index in [-0.39, 0.29) is 27.2 Å². The summed E-state index contributed by atoms with van der Waals surface area (Å²) in [5.74, 6) is -0.355. The maximum Gasteiger partial charge on any atom is 0.254 e. The Kier molecular flexibility index (Phi) is 5.09. The van der Waals surface area contributed by atoms with Crippen LogP contribution in [-0.4, -0.2) is 43.2 Å². The fourth-order valence-electron chi connectivity index (χ4n) is 1.17. The molecule has 1 aromatic heterocycles. The van der Waals surface area contributed by atoms with Gasteiger partial charge in [0, 0.05) is 13.1 Å². The van der Waals surface area contributed by atoms with Crippen molar-refractivity contribution in [1.29, 1.82) is 0 Å². The number of sulfonamides is 1. The molecular formula is C9H14ClN3O3S2. The number of nitrogens with zero attached hydrogens (tertiary/aromatic N) is 2. The van der Waals surface area contributed by atoms with Crippen LogP contribution in [-0.2, 0) is 14.8 Å². The average Bonchev–Trinajstić information content (AvgIpc) is 2.63. The van der Waals surface area contributed by atoms with Crippen LogP contribution in [0.1, 0.15) is 13.8 Å². The van der Waals surface area contributed by atoms with Gasteiger partial charge in [-0.05, 0) is 13.8 Å². The van der Waals surface area contributed by atoms with Gasteiger partial charge in [0.05, 0.1) is 12.7 Å². The Morgan fingerprint density at radius 2 is 2.22 bits per heavy atom. The second kappa shape index (κ2) is 5.96. The van der Waals surface area contributed by atoms with E-state index in [0.29, 0.717) is 0 Å². The molecule has 0 fully saturated rings. The van der Waals surface area contributed by atoms with E-state index in [1.54, 1.807) is 13.8 Å². The van der Waals surface area contributed by atoms with Gasteiger partial charge < -0.3 is 5.32 Å². The molecule has 0 saturated carbocycles. The summed E-state index contributed by atoms with van der Waals surface area (Å²) in [6.45, 7) is 3.36. The molecule has 0 aromatic carbocycles. The number of aromatic nitrogens is 1. The third-order valence-corrected chi connectivity index (χ3v) is 5.29. The summed E-state index contributed by atoms with van der Waals surface area (Å²) in [5, 5.41) is 2.62. The van der Waals surface area contributed by atoms with Crippen LogP contribution >= 0.6 is 22.9 Å². The SMILES string of the molecule is CC(C)NC(=O)CN(C)S(=O)(=O)c1cnc(Cl)s1. The van der Waals surface area contributed by atoms with Crippen LogP contribution in [0.3, 0.4) is 0 Å². The number of rotatable bonds is 5. The number of amides is 1. The molecule has 0 bridgehead atoms. The van der Waals surface area contributed by atoms with Crippen LogP contribution in [0, 0.1) is 0 Å². The minimum atomic E-state index is -3.70. The Hall–Kier alpha value is -0.700. The van der Waals surface area contributed by atoms with Gasteiger partial charge in [-0.3, -0.25) is 4.79 Å². The van der Waals surface area contributed by atoms with Crippen molar-refractivity contribution in [3.63, 3.8) is 0 Å². The van der Waals surface area contributed by atoms with Gasteiger partial charge in [0.2, 0.25) is 5.91 Å². The number of hydrogen-bond acceptors (Lipinski definition) is 5. The van der Waals surface area contributed by atoms with Crippen molar-refractivity contribution in [2.75, 3.05) is 13.6 Å². The fourth-order valence-corrected chi connectivity index (χ4v) is 3.80. The van der Waals surface area contributed by atoms with Crippen LogP contribution in [0.5, 0.6) is 0 Å². The molecule has 9 heteroatoms. The lowest BCUT2D eigenvalue weighted by Gasteiger charge is -2.16. The molecule has 0 radical (unpaired) electrons. The van der Waals surface area contributed by atoms with Crippen molar-refractivity contribution in [1.82, 2.24) is 14.6 Å². The van der Waals surface area contributed by atoms with Crippen LogP contribution in [0.2, 0.25) is 4.47 Å². The van der Waals surface area contributed by atoms with Crippen molar-refractivity contribution < 1.29 is 13.2 Å². The molecule has 0 spiro atoms. The second-order valence-electron chi connectivity index (χ2n) is 3.92. The molecular weight excluding hydrogens is 298 g/mol. The highest BCUT2D eigenvalue weighted by Crippen LogP contribution is 2.24. The van der Waals surface area contributed by atoms with Crippen molar-refractivity contribution >= 4 is 38.9 Å². The van der Waals surface area contributed by atoms with Gasteiger partial charge in [0.15, 0.2) is 8.68 Å². The zero-order chi connectivity index (χ0) is 13.9. The molecule has 18 heavy (non-hydrogen) atoms. The number of likely N-dealkylation sites (N-methyl/N-ethyl adjacent to an activating group) is 1. The summed E-state index contributed by atoms with van der Waals surface area (Å²) in [4.78, 5) is 15.2. The molecule has 0 unspecified atom stereocenters. The smallest absolute Gasteiger partial charge is 0.254 e. The molecule has 6 nitrogen and oxygen atoms in total. The van der Waals surface area contributed by atoms with Gasteiger partial charge in [0.25, 0.3) is 10.0 Å². The van der Waals surface area contributed by atoms with E-state index < -0.39 is 10.0 Å². The van der Waals surface area contributed by atoms with Gasteiger partial charge in [0.1, 0.15) is 0 Å². The quantitative estimate of drug-likeness (QED) is 0.877. The Morgan fingerprint density at radius 1 is 1.61 bits per heavy atom. The first-order valence-electron chi connectivity index (χ1n) is 5.10. The van der Waals surface area contributed by atoms with Crippen LogP contribution in [0.25, 0.3) is 0 Å². The lowest BCUT2D eigenvalue weighted by atomic mass is 10.4. The maximum absolute atomic E-state index is 12.0. The Labute approximate surface area is 115 Å². The molecule has 1 aromatic rings. The largest absolute Gasteiger partial charge is 0.353 e. The Morgan fingerprint density at radius 3 is 2.67 bits per heavy atom. The van der Waals surface area contributed by atoms with E-state index in [4.69, 9.17) is 11.6 Å². The molecule has 0 atom stereocenters. The van der Waals surface area contributed by atoms with E-state index in [0.717, 1.165) is 15.6 Å². The van der Waals surface area contributed by atoms with Crippen molar-refractivity contribution in [3.8, 4) is 0 Å². The van der Waals surface area contributed by atoms with Crippen LogP contribution in [0.15, 0.2) is 10.4 Å². The number of carbonyl (C=O) groups is 1. The Bertz CT molecular complexity index is 527. The molecule has 1 heterocycles. The second-order valence-corrected chi connectivity index (χ2v) is 7.80. The minimum absolute atomic E-state index is 0.0207. The highest BCUT2D eigenvalue weighted by molar-refractivity contribution is 7.91. The van der Waals surface area contributed by atoms with Gasteiger partial charge in [-0.2, -0.15) is 4.31 Å². The van der Waals surface area contributed by atoms with E-state index >= 15 is 0 Å². The summed E-state index contributed by atoms with van der Waals surface area (Å²) in [7, 11) is -2.37. The van der Waals surface area contributed by atoms with E-state index in [9.17, 15) is 13.2 Å². The molecule has 0 saturated heterocycles. The predicted molar refractivity (Wildman–Crippen MR) is 70.2 cm³/mol. The molecule has 0 aliphatic carbocycles. The van der Waals surface area contributed by atoms with E-state index in [1.807, 2.05) is 0 Å². The molecule has 102 valence electrons. The normalized spacial score (nSPS) is 12.1. The first-order valence-corrected chi connectivity index (χ1v) is 7.74. The van der Waals surface area contributed by atoms with Crippen LogP contribution in [0.4, 0.5) is 0 Å². The molecule has 0 aliphatic heterocycles. The van der Waals surface area contributed by atoms with E-state index in [1.165, 1.54) is 13.2 Å². The van der Waals surface area contributed by atoms with Gasteiger partial charge in [-0.1, -0.05) is 22.9 Å². The van der Waals surface area contributed by atoms with Crippen molar-refractivity contribution in [3.05, 3.63) is 10.7 Å². The molecule has 1 rings (SSSR count). The molecule has 1 N–H and O–H groups in total. The zero-order valence-electron chi connectivity index (χ0n) is 10.2. The van der Waals surface area contributed by atoms with Crippen LogP contribution < -0.4 is 5.32 Å². The fraction of sp³-hybridized carbons (Fsp3) is 0.556. The third kappa shape index (κ3) is 3.91. The summed E-state index contributed by atoms with van der Waals surface area (Å²) in [6.07, 6.45) is 1.18. The zero-order valence-corrected chi connectivity index (χ0v) is 12.6. The molecule has 0 aliphatic rings. The lowest BCUT2D eigenvalue weighted by Crippen LogP contribution is -2.40. The monoisotopic (exact) mass is 311 g/mol. The summed E-state index contributed by atoms with van der Waals surface area (Å²) >= 11 is 6.45. The number of hydrogen-bond donors (Lipinski definition) is 1. The summed E-state index contributed by atoms with van der Waals surface area (Å²) in [6, 6.07) is -0.0357. The predicted octanol–water partition coefficient (Wildman–Crippen LogP) is 0.942.